The lowest BCUT2D eigenvalue weighted by Gasteiger charge is -2.50. The molecule has 0 saturated carbocycles. The number of carbonyl (C=O) groups is 1. The van der Waals surface area contributed by atoms with Gasteiger partial charge in [0.1, 0.15) is 0 Å². The van der Waals surface area contributed by atoms with Crippen LogP contribution in [-0.4, -0.2) is 28.1 Å². The quantitative estimate of drug-likeness (QED) is 0.755. The van der Waals surface area contributed by atoms with Crippen molar-refractivity contribution in [1.82, 2.24) is 15.7 Å². The van der Waals surface area contributed by atoms with Crippen molar-refractivity contribution in [1.29, 1.82) is 5.41 Å². The fourth-order valence-corrected chi connectivity index (χ4v) is 4.21. The molecule has 0 aliphatic carbocycles. The molecule has 0 spiro atoms. The number of benzene rings is 1. The van der Waals surface area contributed by atoms with E-state index in [0.29, 0.717) is 19.3 Å². The van der Waals surface area contributed by atoms with E-state index in [-0.39, 0.29) is 17.5 Å². The third-order valence-corrected chi connectivity index (χ3v) is 5.31. The molecule has 8 heteroatoms. The second kappa shape index (κ2) is 7.52. The Balaban J connectivity index is 1.80. The fourth-order valence-electron chi connectivity index (χ4n) is 4.21. The molecule has 1 amide bonds. The van der Waals surface area contributed by atoms with Crippen LogP contribution in [0.5, 0.6) is 0 Å². The summed E-state index contributed by atoms with van der Waals surface area (Å²) in [5, 5.41) is 28.2. The maximum atomic E-state index is 13.2. The summed E-state index contributed by atoms with van der Waals surface area (Å²) in [6.07, 6.45) is 2.96. The summed E-state index contributed by atoms with van der Waals surface area (Å²) in [5.74, 6) is -0.196. The number of amides is 1. The molecular formula is C20H28N5O3. The largest absolute Gasteiger partial charge is 0.487 e. The van der Waals surface area contributed by atoms with Crippen LogP contribution in [0.4, 0.5) is 0 Å². The molecule has 1 aliphatic rings. The van der Waals surface area contributed by atoms with Gasteiger partial charge in [0, 0.05) is 23.5 Å². The van der Waals surface area contributed by atoms with Crippen LogP contribution in [0.15, 0.2) is 41.1 Å². The molecule has 1 aromatic heterocycles. The monoisotopic (exact) mass is 386 g/mol. The van der Waals surface area contributed by atoms with Crippen LogP contribution in [0.1, 0.15) is 52.1 Å². The zero-order chi connectivity index (χ0) is 20.5. The first-order valence-electron chi connectivity index (χ1n) is 9.50. The van der Waals surface area contributed by atoms with Gasteiger partial charge in [-0.05, 0) is 46.1 Å². The number of aromatic nitrogens is 2. The molecule has 8 nitrogen and oxygen atoms in total. The topological polar surface area (TPSA) is 107 Å². The highest BCUT2D eigenvalue weighted by Crippen LogP contribution is 2.37. The average Bonchev–Trinajstić information content (AvgIpc) is 3.04. The van der Waals surface area contributed by atoms with Crippen molar-refractivity contribution < 1.29 is 19.2 Å². The minimum atomic E-state index is -0.637. The summed E-state index contributed by atoms with van der Waals surface area (Å²) in [5.41, 5.74) is -0.249. The number of hydroxylamine groups is 2. The Kier molecular flexibility index (Phi) is 5.45. The van der Waals surface area contributed by atoms with E-state index in [0.717, 1.165) is 10.6 Å². The zero-order valence-electron chi connectivity index (χ0n) is 16.8. The Morgan fingerprint density at radius 1 is 1.29 bits per heavy atom. The smallest absolute Gasteiger partial charge is 0.289 e. The fraction of sp³-hybridized carbons (Fsp3) is 0.550. The summed E-state index contributed by atoms with van der Waals surface area (Å²) in [6.45, 7) is 7.61. The highest BCUT2D eigenvalue weighted by molar-refractivity contribution is 5.79. The van der Waals surface area contributed by atoms with Crippen molar-refractivity contribution in [2.24, 2.45) is 0 Å². The first-order chi connectivity index (χ1) is 13.1. The molecule has 2 aromatic rings. The van der Waals surface area contributed by atoms with Gasteiger partial charge < -0.3 is 9.84 Å². The van der Waals surface area contributed by atoms with E-state index in [4.69, 9.17) is 9.93 Å². The van der Waals surface area contributed by atoms with Gasteiger partial charge in [-0.3, -0.25) is 15.5 Å². The first-order valence-corrected chi connectivity index (χ1v) is 9.50. The van der Waals surface area contributed by atoms with Crippen molar-refractivity contribution in [2.45, 2.75) is 70.1 Å². The van der Waals surface area contributed by atoms with Gasteiger partial charge in [-0.15, -0.1) is 10.3 Å². The molecule has 1 fully saturated rings. The van der Waals surface area contributed by atoms with E-state index in [1.807, 2.05) is 58.0 Å². The number of carbonyl (C=O) groups excluding carboxylic acids is 1. The molecule has 1 atom stereocenters. The van der Waals surface area contributed by atoms with Gasteiger partial charge in [-0.1, -0.05) is 30.3 Å². The van der Waals surface area contributed by atoms with E-state index in [1.165, 1.54) is 10.9 Å². The van der Waals surface area contributed by atoms with E-state index in [1.54, 1.807) is 0 Å². The molecule has 2 N–H and O–H groups in total. The van der Waals surface area contributed by atoms with Gasteiger partial charge >= 0.3 is 0 Å². The number of hydrogen-bond acceptors (Lipinski definition) is 4. The van der Waals surface area contributed by atoms with Crippen molar-refractivity contribution in [3.05, 3.63) is 47.6 Å². The SMILES string of the molecule is CC1(C)CC(NC(=O)C(Cc2ccccc2)[n+]2cc(=N)o[n-]2)CC(C)(C)N1[O]. The number of nitrogens with one attached hydrogen (secondary N) is 2. The lowest BCUT2D eigenvalue weighted by Crippen LogP contribution is -2.63. The van der Waals surface area contributed by atoms with Gasteiger partial charge in [-0.25, -0.2) is 4.68 Å². The van der Waals surface area contributed by atoms with Gasteiger partial charge in [0.15, 0.2) is 0 Å². The van der Waals surface area contributed by atoms with Gasteiger partial charge in [0.05, 0.1) is 0 Å². The third-order valence-electron chi connectivity index (χ3n) is 5.31. The zero-order valence-corrected chi connectivity index (χ0v) is 16.8. The van der Waals surface area contributed by atoms with Gasteiger partial charge in [0.25, 0.3) is 11.5 Å². The molecule has 151 valence electrons. The summed E-state index contributed by atoms with van der Waals surface area (Å²) < 4.78 is 6.25. The normalized spacial score (nSPS) is 20.6. The van der Waals surface area contributed by atoms with Crippen LogP contribution in [0.25, 0.3) is 0 Å². The predicted octanol–water partition coefficient (Wildman–Crippen LogP) is 1.27. The second-order valence-electron chi connectivity index (χ2n) is 8.78. The highest BCUT2D eigenvalue weighted by atomic mass is 16.5. The minimum Gasteiger partial charge on any atom is -0.487 e. The molecule has 1 aromatic carbocycles. The standard InChI is InChI=1S/C20H28N5O3/c1-19(2)11-15(12-20(3,4)25(19)27)22-18(26)16(24-13-17(21)28-23-24)10-14-8-6-5-7-9-14/h5-9,13,15-16,21H,10-12H2,1-4H3,(H,22,26). The van der Waals surface area contributed by atoms with Gasteiger partial charge in [0.2, 0.25) is 12.2 Å². The van der Waals surface area contributed by atoms with Crippen molar-refractivity contribution in [3.8, 4) is 0 Å². The average molecular weight is 386 g/mol. The lowest BCUT2D eigenvalue weighted by atomic mass is 9.79. The Bertz CT molecular complexity index is 853. The van der Waals surface area contributed by atoms with Gasteiger partial charge in [-0.2, -0.15) is 0 Å². The summed E-state index contributed by atoms with van der Waals surface area (Å²) in [4.78, 5) is 13.2. The maximum Gasteiger partial charge on any atom is 0.289 e. The van der Waals surface area contributed by atoms with Crippen LogP contribution in [-0.2, 0) is 16.4 Å². The van der Waals surface area contributed by atoms with E-state index in [9.17, 15) is 10.0 Å². The second-order valence-corrected chi connectivity index (χ2v) is 8.78. The minimum absolute atomic E-state index is 0.104. The van der Waals surface area contributed by atoms with Crippen LogP contribution in [0.3, 0.4) is 0 Å². The molecule has 3 rings (SSSR count). The number of hydrogen-bond donors (Lipinski definition) is 2. The van der Waals surface area contributed by atoms with E-state index >= 15 is 0 Å². The third kappa shape index (κ3) is 4.34. The van der Waals surface area contributed by atoms with Crippen LogP contribution in [0.2, 0.25) is 0 Å². The molecule has 0 bridgehead atoms. The molecule has 1 aliphatic heterocycles. The van der Waals surface area contributed by atoms with Crippen LogP contribution < -0.4 is 20.8 Å². The van der Waals surface area contributed by atoms with Crippen molar-refractivity contribution >= 4 is 5.91 Å². The molecule has 1 radical (unpaired) electrons. The molecule has 1 unspecified atom stereocenters. The summed E-state index contributed by atoms with van der Waals surface area (Å²) in [6, 6.07) is 8.90. The molecule has 28 heavy (non-hydrogen) atoms. The van der Waals surface area contributed by atoms with Crippen LogP contribution >= 0.6 is 0 Å². The Morgan fingerprint density at radius 3 is 2.43 bits per heavy atom. The Labute approximate surface area is 164 Å². The Hall–Kier alpha value is -2.45. The van der Waals surface area contributed by atoms with Crippen molar-refractivity contribution in [2.75, 3.05) is 0 Å². The summed E-state index contributed by atoms with van der Waals surface area (Å²) in [7, 11) is 0. The first kappa shape index (κ1) is 20.3. The number of nitrogens with zero attached hydrogens (tertiary/aromatic N) is 3. The maximum absolute atomic E-state index is 13.2. The Morgan fingerprint density at radius 2 is 1.89 bits per heavy atom. The van der Waals surface area contributed by atoms with Crippen LogP contribution in [0, 0.1) is 5.41 Å². The molecular weight excluding hydrogens is 358 g/mol. The van der Waals surface area contributed by atoms with E-state index in [2.05, 4.69) is 10.6 Å². The van der Waals surface area contributed by atoms with Crippen molar-refractivity contribution in [3.63, 3.8) is 0 Å². The molecule has 1 saturated heterocycles. The summed E-state index contributed by atoms with van der Waals surface area (Å²) >= 11 is 0. The lowest BCUT2D eigenvalue weighted by molar-refractivity contribution is -0.778. The predicted molar refractivity (Wildman–Crippen MR) is 99.1 cm³/mol. The van der Waals surface area contributed by atoms with E-state index < -0.39 is 17.1 Å². The molecule has 2 heterocycles. The number of piperidine rings is 1. The number of rotatable bonds is 5. The highest BCUT2D eigenvalue weighted by Gasteiger charge is 2.47.